The fourth-order valence-corrected chi connectivity index (χ4v) is 3.14. The van der Waals surface area contributed by atoms with Crippen molar-refractivity contribution in [3.63, 3.8) is 0 Å². The molecule has 6 heteroatoms. The third kappa shape index (κ3) is 3.27. The molecule has 0 spiro atoms. The van der Waals surface area contributed by atoms with E-state index in [0.717, 1.165) is 32.4 Å². The van der Waals surface area contributed by atoms with Crippen molar-refractivity contribution in [2.45, 2.75) is 32.6 Å². The van der Waals surface area contributed by atoms with Gasteiger partial charge in [0.15, 0.2) is 18.2 Å². The standard InChI is InChI=1S/C18H21NO5/c1-12(20)17-15(6-5-13-14(21)7-10-23-18(13)17)24-11-16(22)19-8-3-2-4-9-19/h5-6H,2-4,7-11H2,1H3. The third-order valence-electron chi connectivity index (χ3n) is 4.41. The summed E-state index contributed by atoms with van der Waals surface area (Å²) in [6.45, 7) is 3.04. The summed E-state index contributed by atoms with van der Waals surface area (Å²) < 4.78 is 11.1. The summed E-state index contributed by atoms with van der Waals surface area (Å²) in [5, 5.41) is 0. The average molecular weight is 331 g/mol. The summed E-state index contributed by atoms with van der Waals surface area (Å²) in [7, 11) is 0. The number of amides is 1. The maximum absolute atomic E-state index is 12.2. The molecule has 1 aromatic carbocycles. The van der Waals surface area contributed by atoms with Crippen LogP contribution in [-0.4, -0.2) is 48.7 Å². The molecule has 0 bridgehead atoms. The number of carbonyl (C=O) groups excluding carboxylic acids is 3. The molecular formula is C18H21NO5. The minimum atomic E-state index is -0.248. The molecule has 0 aliphatic carbocycles. The van der Waals surface area contributed by atoms with Crippen LogP contribution in [0.3, 0.4) is 0 Å². The lowest BCUT2D eigenvalue weighted by atomic mass is 9.98. The van der Waals surface area contributed by atoms with Gasteiger partial charge in [0, 0.05) is 19.5 Å². The fraction of sp³-hybridized carbons (Fsp3) is 0.500. The number of hydrogen-bond acceptors (Lipinski definition) is 5. The van der Waals surface area contributed by atoms with Gasteiger partial charge in [0.2, 0.25) is 0 Å². The highest BCUT2D eigenvalue weighted by atomic mass is 16.5. The largest absolute Gasteiger partial charge is 0.491 e. The van der Waals surface area contributed by atoms with Crippen LogP contribution in [0.25, 0.3) is 0 Å². The molecule has 24 heavy (non-hydrogen) atoms. The van der Waals surface area contributed by atoms with E-state index < -0.39 is 0 Å². The van der Waals surface area contributed by atoms with E-state index in [1.165, 1.54) is 6.92 Å². The van der Waals surface area contributed by atoms with Gasteiger partial charge in [-0.05, 0) is 38.3 Å². The van der Waals surface area contributed by atoms with Gasteiger partial charge < -0.3 is 14.4 Å². The number of benzene rings is 1. The predicted octanol–water partition coefficient (Wildman–Crippen LogP) is 2.25. The van der Waals surface area contributed by atoms with Crippen LogP contribution in [0.2, 0.25) is 0 Å². The summed E-state index contributed by atoms with van der Waals surface area (Å²) >= 11 is 0. The molecule has 0 radical (unpaired) electrons. The van der Waals surface area contributed by atoms with E-state index in [4.69, 9.17) is 9.47 Å². The van der Waals surface area contributed by atoms with E-state index in [9.17, 15) is 14.4 Å². The minimum absolute atomic E-state index is 0.0466. The number of carbonyl (C=O) groups is 3. The first-order valence-corrected chi connectivity index (χ1v) is 8.32. The highest BCUT2D eigenvalue weighted by Crippen LogP contribution is 2.36. The van der Waals surface area contributed by atoms with Gasteiger partial charge in [0.25, 0.3) is 5.91 Å². The van der Waals surface area contributed by atoms with Crippen LogP contribution in [0, 0.1) is 0 Å². The summed E-state index contributed by atoms with van der Waals surface area (Å²) in [5.41, 5.74) is 0.646. The van der Waals surface area contributed by atoms with Crippen LogP contribution < -0.4 is 9.47 Å². The second-order valence-corrected chi connectivity index (χ2v) is 6.12. The van der Waals surface area contributed by atoms with Crippen molar-refractivity contribution < 1.29 is 23.9 Å². The van der Waals surface area contributed by atoms with E-state index in [1.54, 1.807) is 17.0 Å². The van der Waals surface area contributed by atoms with E-state index in [1.807, 2.05) is 0 Å². The van der Waals surface area contributed by atoms with Crippen LogP contribution >= 0.6 is 0 Å². The summed E-state index contributed by atoms with van der Waals surface area (Å²) in [6, 6.07) is 3.18. The smallest absolute Gasteiger partial charge is 0.260 e. The van der Waals surface area contributed by atoms with Crippen LogP contribution in [0.4, 0.5) is 0 Å². The maximum atomic E-state index is 12.2. The van der Waals surface area contributed by atoms with Gasteiger partial charge in [-0.3, -0.25) is 14.4 Å². The van der Waals surface area contributed by atoms with Gasteiger partial charge in [0.05, 0.1) is 12.2 Å². The Morgan fingerprint density at radius 1 is 1.21 bits per heavy atom. The van der Waals surface area contributed by atoms with E-state index in [2.05, 4.69) is 0 Å². The molecule has 2 aliphatic rings. The number of fused-ring (bicyclic) bond motifs is 1. The zero-order valence-corrected chi connectivity index (χ0v) is 13.8. The molecular weight excluding hydrogens is 310 g/mol. The van der Waals surface area contributed by atoms with Gasteiger partial charge in [-0.15, -0.1) is 0 Å². The monoisotopic (exact) mass is 331 g/mol. The van der Waals surface area contributed by atoms with Crippen molar-refractivity contribution >= 4 is 17.5 Å². The number of rotatable bonds is 4. The SMILES string of the molecule is CC(=O)c1c(OCC(=O)N2CCCCC2)ccc2c1OCCC2=O. The Morgan fingerprint density at radius 3 is 2.67 bits per heavy atom. The Morgan fingerprint density at radius 2 is 1.96 bits per heavy atom. The maximum Gasteiger partial charge on any atom is 0.260 e. The fourth-order valence-electron chi connectivity index (χ4n) is 3.14. The zero-order valence-electron chi connectivity index (χ0n) is 13.8. The van der Waals surface area contributed by atoms with Gasteiger partial charge in [-0.25, -0.2) is 0 Å². The van der Waals surface area contributed by atoms with Crippen molar-refractivity contribution in [3.8, 4) is 11.5 Å². The van der Waals surface area contributed by atoms with Gasteiger partial charge in [-0.2, -0.15) is 0 Å². The predicted molar refractivity (Wildman–Crippen MR) is 86.8 cm³/mol. The molecule has 1 aromatic rings. The zero-order chi connectivity index (χ0) is 17.1. The Bertz CT molecular complexity index is 676. The number of likely N-dealkylation sites (tertiary alicyclic amines) is 1. The van der Waals surface area contributed by atoms with Crippen molar-refractivity contribution in [2.24, 2.45) is 0 Å². The highest BCUT2D eigenvalue weighted by Gasteiger charge is 2.27. The summed E-state index contributed by atoms with van der Waals surface area (Å²) in [6.07, 6.45) is 3.48. The summed E-state index contributed by atoms with van der Waals surface area (Å²) in [5.74, 6) is 0.193. The first kappa shape index (κ1) is 16.5. The molecule has 0 N–H and O–H groups in total. The van der Waals surface area contributed by atoms with E-state index in [-0.39, 0.29) is 42.0 Å². The number of piperidine rings is 1. The third-order valence-corrected chi connectivity index (χ3v) is 4.41. The van der Waals surface area contributed by atoms with Crippen molar-refractivity contribution in [1.82, 2.24) is 4.90 Å². The van der Waals surface area contributed by atoms with Crippen molar-refractivity contribution in [3.05, 3.63) is 23.3 Å². The summed E-state index contributed by atoms with van der Waals surface area (Å²) in [4.78, 5) is 38.0. The first-order valence-electron chi connectivity index (χ1n) is 8.32. The van der Waals surface area contributed by atoms with Gasteiger partial charge >= 0.3 is 0 Å². The Labute approximate surface area is 140 Å². The van der Waals surface area contributed by atoms with E-state index >= 15 is 0 Å². The van der Waals surface area contributed by atoms with E-state index in [0.29, 0.717) is 17.7 Å². The molecule has 0 saturated carbocycles. The van der Waals surface area contributed by atoms with Crippen LogP contribution in [0.5, 0.6) is 11.5 Å². The quantitative estimate of drug-likeness (QED) is 0.791. The number of ether oxygens (including phenoxy) is 2. The second kappa shape index (κ2) is 7.03. The second-order valence-electron chi connectivity index (χ2n) is 6.12. The Balaban J connectivity index is 1.79. The molecule has 2 heterocycles. The van der Waals surface area contributed by atoms with Gasteiger partial charge in [-0.1, -0.05) is 0 Å². The molecule has 0 atom stereocenters. The molecule has 3 rings (SSSR count). The first-order chi connectivity index (χ1) is 11.6. The number of nitrogens with zero attached hydrogens (tertiary/aromatic N) is 1. The molecule has 128 valence electrons. The molecule has 1 fully saturated rings. The normalized spacial score (nSPS) is 17.0. The Kier molecular flexibility index (Phi) is 4.83. The highest BCUT2D eigenvalue weighted by molar-refractivity contribution is 6.07. The molecule has 0 aromatic heterocycles. The number of hydrogen-bond donors (Lipinski definition) is 0. The molecule has 1 amide bonds. The molecule has 1 saturated heterocycles. The lowest BCUT2D eigenvalue weighted by Gasteiger charge is -2.27. The van der Waals surface area contributed by atoms with Gasteiger partial charge in [0.1, 0.15) is 17.1 Å². The molecule has 6 nitrogen and oxygen atoms in total. The Hall–Kier alpha value is -2.37. The number of Topliss-reactive ketones (excluding diaryl/α,β-unsaturated/α-hetero) is 2. The minimum Gasteiger partial charge on any atom is -0.491 e. The van der Waals surface area contributed by atoms with Crippen LogP contribution in [-0.2, 0) is 4.79 Å². The van der Waals surface area contributed by atoms with Crippen LogP contribution in [0.1, 0.15) is 53.3 Å². The number of ketones is 2. The average Bonchev–Trinajstić information content (AvgIpc) is 2.60. The van der Waals surface area contributed by atoms with Crippen LogP contribution in [0.15, 0.2) is 12.1 Å². The molecule has 0 unspecified atom stereocenters. The topological polar surface area (TPSA) is 72.9 Å². The molecule has 2 aliphatic heterocycles. The van der Waals surface area contributed by atoms with Crippen molar-refractivity contribution in [2.75, 3.05) is 26.3 Å². The lowest BCUT2D eigenvalue weighted by molar-refractivity contribution is -0.134. The lowest BCUT2D eigenvalue weighted by Crippen LogP contribution is -2.38. The van der Waals surface area contributed by atoms with Crippen molar-refractivity contribution in [1.29, 1.82) is 0 Å².